The zero-order valence-corrected chi connectivity index (χ0v) is 10.6. The number of hydrogen-bond acceptors (Lipinski definition) is 2. The van der Waals surface area contributed by atoms with Gasteiger partial charge in [0.25, 0.3) is 0 Å². The molecule has 82 valence electrons. The Hall–Kier alpha value is -0.640. The van der Waals surface area contributed by atoms with E-state index in [9.17, 15) is 9.90 Å². The van der Waals surface area contributed by atoms with E-state index in [2.05, 4.69) is 11.6 Å². The molecular formula is C12H17O2P. The molecule has 0 radical (unpaired) electrons. The number of Topliss-reactive ketones (excluding diaryl/α,β-unsaturated/α-hetero) is 1. The van der Waals surface area contributed by atoms with Gasteiger partial charge in [-0.1, -0.05) is 25.4 Å². The Kier molecular flexibility index (Phi) is 3.71. The monoisotopic (exact) mass is 224 g/mol. The van der Waals surface area contributed by atoms with Gasteiger partial charge in [-0.15, -0.1) is 0 Å². The van der Waals surface area contributed by atoms with E-state index in [0.29, 0.717) is 20.6 Å². The van der Waals surface area contributed by atoms with Gasteiger partial charge in [0.1, 0.15) is 6.10 Å². The second-order valence-electron chi connectivity index (χ2n) is 4.47. The van der Waals surface area contributed by atoms with Crippen molar-refractivity contribution >= 4 is 14.4 Å². The van der Waals surface area contributed by atoms with Crippen LogP contribution in [0.5, 0.6) is 0 Å². The summed E-state index contributed by atoms with van der Waals surface area (Å²) in [5.74, 6) is 2.90. The lowest BCUT2D eigenvalue weighted by atomic mass is 9.71. The molecule has 15 heavy (non-hydrogen) atoms. The Morgan fingerprint density at radius 3 is 2.67 bits per heavy atom. The first-order valence-corrected chi connectivity index (χ1v) is 6.51. The number of hydrogen-bond donors (Lipinski definition) is 1. The number of ketones is 1. The van der Waals surface area contributed by atoms with Crippen LogP contribution in [0.15, 0.2) is 11.1 Å². The molecule has 2 atom stereocenters. The minimum Gasteiger partial charge on any atom is -0.385 e. The van der Waals surface area contributed by atoms with Crippen LogP contribution in [0.1, 0.15) is 27.2 Å². The molecule has 1 rings (SSSR count). The number of allylic oxidation sites excluding steroid dienone is 1. The minimum atomic E-state index is -0.852. The van der Waals surface area contributed by atoms with Gasteiger partial charge in [-0.25, -0.2) is 0 Å². The Morgan fingerprint density at radius 2 is 2.13 bits per heavy atom. The first kappa shape index (κ1) is 12.4. The van der Waals surface area contributed by atoms with Crippen molar-refractivity contribution in [2.45, 2.75) is 33.3 Å². The Labute approximate surface area is 92.9 Å². The molecule has 0 aliphatic heterocycles. The number of carbonyl (C=O) groups excluding carboxylic acids is 1. The maximum atomic E-state index is 11.6. The number of carbonyl (C=O) groups is 1. The highest BCUT2D eigenvalue weighted by atomic mass is 31.1. The summed E-state index contributed by atoms with van der Waals surface area (Å²) in [5, 5.41) is 9.60. The second-order valence-corrected chi connectivity index (χ2v) is 5.22. The van der Waals surface area contributed by atoms with Crippen LogP contribution in [-0.4, -0.2) is 23.7 Å². The topological polar surface area (TPSA) is 37.3 Å². The maximum Gasteiger partial charge on any atom is 0.187 e. The fourth-order valence-electron chi connectivity index (χ4n) is 1.95. The van der Waals surface area contributed by atoms with Crippen LogP contribution in [0.25, 0.3) is 0 Å². The first-order chi connectivity index (χ1) is 6.90. The molecule has 0 aromatic heterocycles. The van der Waals surface area contributed by atoms with E-state index in [0.717, 1.165) is 5.57 Å². The quantitative estimate of drug-likeness (QED) is 0.504. The number of aliphatic hydroxyl groups is 1. The van der Waals surface area contributed by atoms with Crippen molar-refractivity contribution in [3.05, 3.63) is 11.1 Å². The molecule has 0 spiro atoms. The fraction of sp³-hybridized carbons (Fsp3) is 0.583. The van der Waals surface area contributed by atoms with Gasteiger partial charge in [-0.2, -0.15) is 0 Å². The molecule has 2 nitrogen and oxygen atoms in total. The lowest BCUT2D eigenvalue weighted by Crippen LogP contribution is -2.35. The molecule has 1 aliphatic rings. The third kappa shape index (κ3) is 2.48. The molecule has 1 aliphatic carbocycles. The lowest BCUT2D eigenvalue weighted by molar-refractivity contribution is -0.125. The average Bonchev–Trinajstić information content (AvgIpc) is 2.14. The normalized spacial score (nSPS) is 25.7. The fourth-order valence-corrected chi connectivity index (χ4v) is 2.20. The van der Waals surface area contributed by atoms with Gasteiger partial charge in [-0.3, -0.25) is 4.79 Å². The summed E-state index contributed by atoms with van der Waals surface area (Å²) in [6, 6.07) is 0. The van der Waals surface area contributed by atoms with Crippen molar-refractivity contribution in [2.75, 3.05) is 6.66 Å². The van der Waals surface area contributed by atoms with Crippen LogP contribution in [0.2, 0.25) is 0 Å². The standard InChI is InChI=1S/C12H17O2P/c1-8-9(5-6-15-4)12(2,3)7-10(13)11(8)14/h10,13,15H,7H2,1-4H3. The van der Waals surface area contributed by atoms with E-state index in [-0.39, 0.29) is 11.2 Å². The SMILES string of the molecule is CPC#CC1=C(C)C(=O)C(O)CC1(C)C. The molecule has 0 saturated heterocycles. The molecule has 2 unspecified atom stereocenters. The molecule has 0 aromatic carbocycles. The van der Waals surface area contributed by atoms with Gasteiger partial charge in [0.05, 0.1) is 0 Å². The largest absolute Gasteiger partial charge is 0.385 e. The highest BCUT2D eigenvalue weighted by Crippen LogP contribution is 2.38. The molecule has 0 amide bonds. The van der Waals surface area contributed by atoms with Crippen molar-refractivity contribution in [1.82, 2.24) is 0 Å². The van der Waals surface area contributed by atoms with Gasteiger partial charge in [-0.05, 0) is 28.6 Å². The van der Waals surface area contributed by atoms with E-state index < -0.39 is 6.10 Å². The third-order valence-electron chi connectivity index (χ3n) is 2.74. The van der Waals surface area contributed by atoms with E-state index in [1.165, 1.54) is 0 Å². The van der Waals surface area contributed by atoms with E-state index in [1.807, 2.05) is 20.5 Å². The van der Waals surface area contributed by atoms with E-state index in [1.54, 1.807) is 6.92 Å². The van der Waals surface area contributed by atoms with Gasteiger partial charge in [0.2, 0.25) is 0 Å². The van der Waals surface area contributed by atoms with Crippen molar-refractivity contribution in [3.63, 3.8) is 0 Å². The smallest absolute Gasteiger partial charge is 0.187 e. The van der Waals surface area contributed by atoms with E-state index in [4.69, 9.17) is 0 Å². The van der Waals surface area contributed by atoms with E-state index >= 15 is 0 Å². The predicted molar refractivity (Wildman–Crippen MR) is 64.1 cm³/mol. The van der Waals surface area contributed by atoms with Crippen molar-refractivity contribution in [3.8, 4) is 11.6 Å². The molecular weight excluding hydrogens is 207 g/mol. The highest BCUT2D eigenvalue weighted by molar-refractivity contribution is 7.43. The summed E-state index contributed by atoms with van der Waals surface area (Å²) in [6.45, 7) is 7.81. The van der Waals surface area contributed by atoms with Crippen LogP contribution >= 0.6 is 8.58 Å². The Bertz CT molecular complexity index is 369. The summed E-state index contributed by atoms with van der Waals surface area (Å²) >= 11 is 0. The summed E-state index contributed by atoms with van der Waals surface area (Å²) in [4.78, 5) is 11.6. The van der Waals surface area contributed by atoms with Crippen LogP contribution < -0.4 is 0 Å². The van der Waals surface area contributed by atoms with Gasteiger partial charge in [0, 0.05) is 16.6 Å². The maximum absolute atomic E-state index is 11.6. The molecule has 1 N–H and O–H groups in total. The van der Waals surface area contributed by atoms with Crippen LogP contribution in [-0.2, 0) is 4.79 Å². The predicted octanol–water partition coefficient (Wildman–Crippen LogP) is 1.93. The van der Waals surface area contributed by atoms with Crippen LogP contribution in [0.3, 0.4) is 0 Å². The van der Waals surface area contributed by atoms with Crippen molar-refractivity contribution in [2.24, 2.45) is 5.41 Å². The molecule has 0 bridgehead atoms. The zero-order valence-electron chi connectivity index (χ0n) is 9.64. The molecule has 0 aromatic rings. The average molecular weight is 224 g/mol. The van der Waals surface area contributed by atoms with Crippen molar-refractivity contribution in [1.29, 1.82) is 0 Å². The Balaban J connectivity index is 3.22. The summed E-state index contributed by atoms with van der Waals surface area (Å²) < 4.78 is 0. The minimum absolute atomic E-state index is 0.168. The number of rotatable bonds is 0. The highest BCUT2D eigenvalue weighted by Gasteiger charge is 2.37. The zero-order chi connectivity index (χ0) is 11.6. The molecule has 0 heterocycles. The summed E-state index contributed by atoms with van der Waals surface area (Å²) in [7, 11) is 0.565. The third-order valence-corrected chi connectivity index (χ3v) is 3.12. The Morgan fingerprint density at radius 1 is 1.53 bits per heavy atom. The van der Waals surface area contributed by atoms with Crippen molar-refractivity contribution < 1.29 is 9.90 Å². The van der Waals surface area contributed by atoms with Gasteiger partial charge < -0.3 is 5.11 Å². The molecule has 0 saturated carbocycles. The summed E-state index contributed by atoms with van der Waals surface area (Å²) in [5.41, 5.74) is 4.36. The molecule has 0 fully saturated rings. The van der Waals surface area contributed by atoms with Gasteiger partial charge in [0.15, 0.2) is 5.78 Å². The number of aliphatic hydroxyl groups excluding tert-OH is 1. The van der Waals surface area contributed by atoms with Gasteiger partial charge >= 0.3 is 0 Å². The second kappa shape index (κ2) is 4.47. The van der Waals surface area contributed by atoms with Crippen LogP contribution in [0.4, 0.5) is 0 Å². The van der Waals surface area contributed by atoms with Crippen LogP contribution in [0, 0.1) is 17.0 Å². The lowest BCUT2D eigenvalue weighted by Gasteiger charge is -2.33. The first-order valence-electron chi connectivity index (χ1n) is 5.01. The molecule has 3 heteroatoms. The summed E-state index contributed by atoms with van der Waals surface area (Å²) in [6.07, 6.45) is -0.380.